The highest BCUT2D eigenvalue weighted by atomic mass is 19.4. The molecule has 0 aliphatic rings. The van der Waals surface area contributed by atoms with Gasteiger partial charge in [0.15, 0.2) is 0 Å². The molecular formula is C21H20F3N3O2. The number of nitrogens with one attached hydrogen (secondary N) is 1. The van der Waals surface area contributed by atoms with Crippen LogP contribution in [0.3, 0.4) is 0 Å². The van der Waals surface area contributed by atoms with Gasteiger partial charge in [-0.25, -0.2) is 4.98 Å². The molecule has 0 fully saturated rings. The van der Waals surface area contributed by atoms with Gasteiger partial charge >= 0.3 is 12.2 Å². The van der Waals surface area contributed by atoms with Crippen molar-refractivity contribution in [3.8, 4) is 11.8 Å². The number of alkyl halides is 3. The number of anilines is 2. The number of hydrogen-bond acceptors (Lipinski definition) is 5. The van der Waals surface area contributed by atoms with E-state index in [1.807, 2.05) is 37.3 Å². The van der Waals surface area contributed by atoms with Crippen molar-refractivity contribution in [1.82, 2.24) is 9.97 Å². The molecule has 0 atom stereocenters. The van der Waals surface area contributed by atoms with Gasteiger partial charge in [-0.1, -0.05) is 37.3 Å². The Hall–Kier alpha value is -3.29. The van der Waals surface area contributed by atoms with Crippen LogP contribution in [0, 0.1) is 0 Å². The molecule has 1 N–H and O–H groups in total. The van der Waals surface area contributed by atoms with Crippen LogP contribution in [0.15, 0.2) is 60.8 Å². The van der Waals surface area contributed by atoms with Gasteiger partial charge in [0.05, 0.1) is 6.61 Å². The molecule has 3 rings (SSSR count). The molecule has 29 heavy (non-hydrogen) atoms. The Bertz CT molecular complexity index is 917. The maximum Gasteiger partial charge on any atom is 0.421 e. The van der Waals surface area contributed by atoms with Crippen LogP contribution >= 0.6 is 0 Å². The molecule has 152 valence electrons. The van der Waals surface area contributed by atoms with Crippen LogP contribution in [0.1, 0.15) is 24.5 Å². The van der Waals surface area contributed by atoms with E-state index in [0.717, 1.165) is 12.0 Å². The Morgan fingerprint density at radius 1 is 0.966 bits per heavy atom. The molecule has 0 amide bonds. The van der Waals surface area contributed by atoms with Crippen molar-refractivity contribution < 1.29 is 22.6 Å². The Morgan fingerprint density at radius 2 is 1.69 bits per heavy atom. The molecule has 1 heterocycles. The van der Waals surface area contributed by atoms with Crippen LogP contribution in [-0.4, -0.2) is 16.6 Å². The normalized spacial score (nSPS) is 11.2. The summed E-state index contributed by atoms with van der Waals surface area (Å²) in [6, 6.07) is 15.7. The van der Waals surface area contributed by atoms with E-state index in [2.05, 4.69) is 15.3 Å². The second kappa shape index (κ2) is 9.27. The maximum absolute atomic E-state index is 13.4. The van der Waals surface area contributed by atoms with Gasteiger partial charge in [0.2, 0.25) is 0 Å². The van der Waals surface area contributed by atoms with Crippen molar-refractivity contribution in [2.75, 3.05) is 11.9 Å². The van der Waals surface area contributed by atoms with Gasteiger partial charge in [-0.15, -0.1) is 0 Å². The first-order valence-electron chi connectivity index (χ1n) is 9.06. The van der Waals surface area contributed by atoms with E-state index in [4.69, 9.17) is 9.47 Å². The van der Waals surface area contributed by atoms with Gasteiger partial charge < -0.3 is 14.8 Å². The minimum absolute atomic E-state index is 0.146. The molecule has 0 radical (unpaired) electrons. The fourth-order valence-electron chi connectivity index (χ4n) is 2.45. The van der Waals surface area contributed by atoms with Crippen LogP contribution < -0.4 is 14.8 Å². The fourth-order valence-corrected chi connectivity index (χ4v) is 2.45. The zero-order valence-corrected chi connectivity index (χ0v) is 15.7. The second-order valence-electron chi connectivity index (χ2n) is 6.18. The molecule has 0 unspecified atom stereocenters. The van der Waals surface area contributed by atoms with Crippen molar-refractivity contribution in [3.63, 3.8) is 0 Å². The standard InChI is InChI=1S/C21H20F3N3O2/c1-2-12-28-17-10-8-16(9-11-17)26-19-18(21(22,23)24)13-25-20(27-19)29-14-15-6-4-3-5-7-15/h3-11,13H,2,12,14H2,1H3,(H,25,26,27). The largest absolute Gasteiger partial charge is 0.494 e. The molecule has 0 saturated carbocycles. The van der Waals surface area contributed by atoms with Crippen molar-refractivity contribution in [3.05, 3.63) is 71.9 Å². The van der Waals surface area contributed by atoms with Crippen molar-refractivity contribution in [2.45, 2.75) is 26.1 Å². The fraction of sp³-hybridized carbons (Fsp3) is 0.238. The molecule has 0 saturated heterocycles. The van der Waals surface area contributed by atoms with Crippen molar-refractivity contribution in [1.29, 1.82) is 0 Å². The van der Waals surface area contributed by atoms with E-state index in [1.54, 1.807) is 24.3 Å². The molecule has 8 heteroatoms. The van der Waals surface area contributed by atoms with Crippen LogP contribution in [0.4, 0.5) is 24.7 Å². The Labute approximate surface area is 166 Å². The SMILES string of the molecule is CCCOc1ccc(Nc2nc(OCc3ccccc3)ncc2C(F)(F)F)cc1. The zero-order chi connectivity index (χ0) is 20.7. The van der Waals surface area contributed by atoms with Gasteiger partial charge in [-0.05, 0) is 36.2 Å². The van der Waals surface area contributed by atoms with Gasteiger partial charge in [0, 0.05) is 11.9 Å². The van der Waals surface area contributed by atoms with Gasteiger partial charge in [-0.2, -0.15) is 18.2 Å². The van der Waals surface area contributed by atoms with Crippen LogP contribution in [0.2, 0.25) is 0 Å². The molecule has 1 aromatic heterocycles. The Balaban J connectivity index is 1.78. The summed E-state index contributed by atoms with van der Waals surface area (Å²) in [5.41, 5.74) is 0.316. The van der Waals surface area contributed by atoms with Gasteiger partial charge in [0.1, 0.15) is 23.7 Å². The van der Waals surface area contributed by atoms with Crippen LogP contribution in [0.5, 0.6) is 11.8 Å². The summed E-state index contributed by atoms with van der Waals surface area (Å²) in [6.07, 6.45) is -3.03. The summed E-state index contributed by atoms with van der Waals surface area (Å²) in [4.78, 5) is 7.62. The Kier molecular flexibility index (Phi) is 6.54. The van der Waals surface area contributed by atoms with Crippen molar-refractivity contribution in [2.24, 2.45) is 0 Å². The summed E-state index contributed by atoms with van der Waals surface area (Å²) in [5, 5.41) is 2.69. The lowest BCUT2D eigenvalue weighted by atomic mass is 10.2. The minimum Gasteiger partial charge on any atom is -0.494 e. The average molecular weight is 403 g/mol. The number of ether oxygens (including phenoxy) is 2. The number of halogens is 3. The first-order chi connectivity index (χ1) is 14.0. The highest BCUT2D eigenvalue weighted by molar-refractivity contribution is 5.60. The molecule has 3 aromatic rings. The first kappa shape index (κ1) is 20.4. The summed E-state index contributed by atoms with van der Waals surface area (Å²) < 4.78 is 51.0. The highest BCUT2D eigenvalue weighted by Crippen LogP contribution is 2.35. The van der Waals surface area contributed by atoms with Gasteiger partial charge in [-0.3, -0.25) is 0 Å². The number of aromatic nitrogens is 2. The van der Waals surface area contributed by atoms with Crippen LogP contribution in [0.25, 0.3) is 0 Å². The number of hydrogen-bond donors (Lipinski definition) is 1. The molecule has 0 spiro atoms. The third kappa shape index (κ3) is 5.84. The van der Waals surface area contributed by atoms with E-state index in [9.17, 15) is 13.2 Å². The smallest absolute Gasteiger partial charge is 0.421 e. The summed E-state index contributed by atoms with van der Waals surface area (Å²) >= 11 is 0. The van der Waals surface area contributed by atoms with Crippen molar-refractivity contribution >= 4 is 11.5 Å². The number of rotatable bonds is 8. The average Bonchev–Trinajstić information content (AvgIpc) is 2.72. The summed E-state index contributed by atoms with van der Waals surface area (Å²) in [6.45, 7) is 2.70. The molecular weight excluding hydrogens is 383 g/mol. The number of benzene rings is 2. The van der Waals surface area contributed by atoms with E-state index in [1.165, 1.54) is 0 Å². The van der Waals surface area contributed by atoms with E-state index >= 15 is 0 Å². The first-order valence-corrected chi connectivity index (χ1v) is 9.06. The Morgan fingerprint density at radius 3 is 2.34 bits per heavy atom. The topological polar surface area (TPSA) is 56.3 Å². The quantitative estimate of drug-likeness (QED) is 0.530. The molecule has 0 aliphatic heterocycles. The predicted octanol–water partition coefficient (Wildman–Crippen LogP) is 5.61. The van der Waals surface area contributed by atoms with E-state index in [-0.39, 0.29) is 18.4 Å². The molecule has 5 nitrogen and oxygen atoms in total. The third-order valence-electron chi connectivity index (χ3n) is 3.87. The zero-order valence-electron chi connectivity index (χ0n) is 15.7. The lowest BCUT2D eigenvalue weighted by Gasteiger charge is -2.15. The summed E-state index contributed by atoms with van der Waals surface area (Å²) in [5.74, 6) is 0.265. The van der Waals surface area contributed by atoms with E-state index < -0.39 is 11.7 Å². The van der Waals surface area contributed by atoms with Gasteiger partial charge in [0.25, 0.3) is 0 Å². The predicted molar refractivity (Wildman–Crippen MR) is 103 cm³/mol. The third-order valence-corrected chi connectivity index (χ3v) is 3.87. The molecule has 2 aromatic carbocycles. The lowest BCUT2D eigenvalue weighted by molar-refractivity contribution is -0.137. The second-order valence-corrected chi connectivity index (χ2v) is 6.18. The molecule has 0 aliphatic carbocycles. The molecule has 0 bridgehead atoms. The lowest BCUT2D eigenvalue weighted by Crippen LogP contribution is -2.12. The number of nitrogens with zero attached hydrogens (tertiary/aromatic N) is 2. The highest BCUT2D eigenvalue weighted by Gasteiger charge is 2.35. The minimum atomic E-state index is -4.61. The van der Waals surface area contributed by atoms with Crippen LogP contribution in [-0.2, 0) is 12.8 Å². The van der Waals surface area contributed by atoms with E-state index in [0.29, 0.717) is 24.2 Å². The monoisotopic (exact) mass is 403 g/mol. The summed E-state index contributed by atoms with van der Waals surface area (Å²) in [7, 11) is 0. The maximum atomic E-state index is 13.4.